The monoisotopic (exact) mass is 551 g/mol. The third kappa shape index (κ3) is 4.62. The van der Waals surface area contributed by atoms with E-state index in [2.05, 4.69) is 97.1 Å². The molecule has 0 unspecified atom stereocenters. The van der Waals surface area contributed by atoms with Crippen LogP contribution in [-0.4, -0.2) is 34.9 Å². The van der Waals surface area contributed by atoms with Crippen LogP contribution in [0.3, 0.4) is 0 Å². The number of aromatic nitrogens is 1. The van der Waals surface area contributed by atoms with E-state index in [1.165, 1.54) is 34.5 Å². The standard InChI is InChI=1S/C27H18ClNSe2/c28-20-17-15-19(16-18-20)25-26(30-21-9-3-1-4-10-21)23-13-7-8-14-24(23)29-27(25)31-22-11-5-2-6-12-22/h1-18H. The first-order valence-electron chi connectivity index (χ1n) is 9.92. The SMILES string of the molecule is Clc1ccc(-c2c([Se]c3ccccc3)nc3ccccc3c2[Se]c2ccccc2)cc1. The van der Waals surface area contributed by atoms with Gasteiger partial charge in [0, 0.05) is 0 Å². The normalized spacial score (nSPS) is 11.0. The van der Waals surface area contributed by atoms with Gasteiger partial charge in [0.25, 0.3) is 0 Å². The van der Waals surface area contributed by atoms with Crippen molar-refractivity contribution in [3.8, 4) is 11.1 Å². The molecule has 0 bridgehead atoms. The molecule has 0 amide bonds. The molecule has 0 aliphatic rings. The average molecular weight is 550 g/mol. The molecule has 5 aromatic rings. The Kier molecular flexibility index (Phi) is 6.22. The quantitative estimate of drug-likeness (QED) is 0.304. The Morgan fingerprint density at radius 3 is 1.84 bits per heavy atom. The Balaban J connectivity index is 1.77. The molecular formula is C27H18ClNSe2. The van der Waals surface area contributed by atoms with Gasteiger partial charge in [-0.05, 0) is 0 Å². The molecule has 0 saturated carbocycles. The summed E-state index contributed by atoms with van der Waals surface area (Å²) in [7, 11) is 0. The first-order chi connectivity index (χ1) is 15.3. The molecule has 150 valence electrons. The summed E-state index contributed by atoms with van der Waals surface area (Å²) >= 11 is 6.48. The van der Waals surface area contributed by atoms with Crippen LogP contribution in [0.2, 0.25) is 5.02 Å². The van der Waals surface area contributed by atoms with Crippen LogP contribution in [0, 0.1) is 0 Å². The number of nitrogens with zero attached hydrogens (tertiary/aromatic N) is 1. The van der Waals surface area contributed by atoms with Crippen molar-refractivity contribution in [2.24, 2.45) is 0 Å². The second-order valence-electron chi connectivity index (χ2n) is 6.98. The fourth-order valence-electron chi connectivity index (χ4n) is 3.42. The molecule has 4 aromatic carbocycles. The molecule has 5 rings (SSSR count). The maximum absolute atomic E-state index is 6.23. The molecule has 0 N–H and O–H groups in total. The molecule has 1 heterocycles. The van der Waals surface area contributed by atoms with Gasteiger partial charge in [-0.3, -0.25) is 0 Å². The molecule has 0 fully saturated rings. The van der Waals surface area contributed by atoms with E-state index in [4.69, 9.17) is 16.6 Å². The number of halogens is 1. The maximum atomic E-state index is 6.23. The number of benzene rings is 4. The van der Waals surface area contributed by atoms with E-state index in [1.54, 1.807) is 0 Å². The molecule has 0 aliphatic heterocycles. The third-order valence-electron chi connectivity index (χ3n) is 4.87. The molecule has 1 nitrogen and oxygen atoms in total. The molecule has 31 heavy (non-hydrogen) atoms. The van der Waals surface area contributed by atoms with Crippen LogP contribution < -0.4 is 18.0 Å². The van der Waals surface area contributed by atoms with Crippen LogP contribution in [0.1, 0.15) is 0 Å². The number of rotatable bonds is 5. The van der Waals surface area contributed by atoms with E-state index in [1.807, 2.05) is 12.1 Å². The van der Waals surface area contributed by atoms with Gasteiger partial charge in [0.1, 0.15) is 0 Å². The Labute approximate surface area is 199 Å². The number of para-hydroxylation sites is 1. The summed E-state index contributed by atoms with van der Waals surface area (Å²) in [5, 5.41) is 1.99. The summed E-state index contributed by atoms with van der Waals surface area (Å²) < 4.78 is 5.25. The summed E-state index contributed by atoms with van der Waals surface area (Å²) in [5.41, 5.74) is 3.52. The number of hydrogen-bond donors (Lipinski definition) is 0. The predicted octanol–water partition coefficient (Wildman–Crippen LogP) is 3.87. The van der Waals surface area contributed by atoms with Crippen molar-refractivity contribution < 1.29 is 0 Å². The molecule has 0 saturated heterocycles. The van der Waals surface area contributed by atoms with Crippen molar-refractivity contribution in [1.82, 2.24) is 4.98 Å². The first kappa shape index (κ1) is 20.5. The van der Waals surface area contributed by atoms with E-state index in [9.17, 15) is 0 Å². The molecule has 0 atom stereocenters. The van der Waals surface area contributed by atoms with E-state index in [0.29, 0.717) is 0 Å². The van der Waals surface area contributed by atoms with Gasteiger partial charge in [0.2, 0.25) is 0 Å². The van der Waals surface area contributed by atoms with Crippen molar-refractivity contribution in [3.05, 3.63) is 114 Å². The molecule has 0 radical (unpaired) electrons. The summed E-state index contributed by atoms with van der Waals surface area (Å²) in [5.74, 6) is 0. The number of pyridine rings is 1. The van der Waals surface area contributed by atoms with Crippen LogP contribution in [-0.2, 0) is 0 Å². The van der Waals surface area contributed by atoms with Crippen LogP contribution in [0.4, 0.5) is 0 Å². The minimum atomic E-state index is 0.0990. The summed E-state index contributed by atoms with van der Waals surface area (Å²) in [6, 6.07) is 38.2. The Bertz CT molecular complexity index is 1320. The summed E-state index contributed by atoms with van der Waals surface area (Å²) in [6.45, 7) is 0. The predicted molar refractivity (Wildman–Crippen MR) is 135 cm³/mol. The topological polar surface area (TPSA) is 12.9 Å². The zero-order valence-electron chi connectivity index (χ0n) is 16.5. The molecular weight excluding hydrogens is 532 g/mol. The molecule has 0 aliphatic carbocycles. The van der Waals surface area contributed by atoms with Gasteiger partial charge in [-0.15, -0.1) is 0 Å². The van der Waals surface area contributed by atoms with E-state index >= 15 is 0 Å². The van der Waals surface area contributed by atoms with Crippen LogP contribution >= 0.6 is 11.6 Å². The van der Waals surface area contributed by atoms with Gasteiger partial charge in [-0.25, -0.2) is 0 Å². The number of fused-ring (bicyclic) bond motifs is 1. The average Bonchev–Trinajstić information content (AvgIpc) is 2.81. The fraction of sp³-hybridized carbons (Fsp3) is 0. The van der Waals surface area contributed by atoms with Gasteiger partial charge >= 0.3 is 201 Å². The Morgan fingerprint density at radius 1 is 0.581 bits per heavy atom. The molecule has 4 heteroatoms. The zero-order valence-corrected chi connectivity index (χ0v) is 20.7. The first-order valence-corrected chi connectivity index (χ1v) is 13.7. The van der Waals surface area contributed by atoms with Crippen LogP contribution in [0.25, 0.3) is 22.0 Å². The fourth-order valence-corrected chi connectivity index (χ4v) is 8.30. The summed E-state index contributed by atoms with van der Waals surface area (Å²) in [4.78, 5) is 5.18. The second-order valence-corrected chi connectivity index (χ2v) is 11.9. The zero-order chi connectivity index (χ0) is 21.0. The van der Waals surface area contributed by atoms with E-state index in [0.717, 1.165) is 10.5 Å². The summed E-state index contributed by atoms with van der Waals surface area (Å²) in [6.07, 6.45) is 0. The van der Waals surface area contributed by atoms with Gasteiger partial charge < -0.3 is 0 Å². The van der Waals surface area contributed by atoms with Crippen molar-refractivity contribution in [2.45, 2.75) is 0 Å². The van der Waals surface area contributed by atoms with Gasteiger partial charge in [0.15, 0.2) is 0 Å². The third-order valence-corrected chi connectivity index (χ3v) is 9.59. The Hall–Kier alpha value is -2.38. The van der Waals surface area contributed by atoms with E-state index in [-0.39, 0.29) is 29.9 Å². The Morgan fingerprint density at radius 2 is 1.16 bits per heavy atom. The minimum absolute atomic E-state index is 0.0990. The number of hydrogen-bond acceptors (Lipinski definition) is 1. The van der Waals surface area contributed by atoms with Crippen molar-refractivity contribution in [3.63, 3.8) is 0 Å². The van der Waals surface area contributed by atoms with Crippen LogP contribution in [0.15, 0.2) is 109 Å². The molecule has 0 spiro atoms. The van der Waals surface area contributed by atoms with Gasteiger partial charge in [-0.2, -0.15) is 0 Å². The van der Waals surface area contributed by atoms with Gasteiger partial charge in [0.05, 0.1) is 0 Å². The van der Waals surface area contributed by atoms with Crippen molar-refractivity contribution in [2.75, 3.05) is 0 Å². The van der Waals surface area contributed by atoms with Crippen LogP contribution in [0.5, 0.6) is 0 Å². The van der Waals surface area contributed by atoms with E-state index < -0.39 is 0 Å². The molecule has 1 aromatic heterocycles. The second kappa shape index (κ2) is 9.40. The van der Waals surface area contributed by atoms with Gasteiger partial charge in [-0.1, -0.05) is 0 Å². The van der Waals surface area contributed by atoms with Crippen molar-refractivity contribution >= 4 is 70.4 Å². The van der Waals surface area contributed by atoms with Crippen molar-refractivity contribution in [1.29, 1.82) is 0 Å².